The van der Waals surface area contributed by atoms with E-state index in [-0.39, 0.29) is 11.9 Å². The molecule has 0 aliphatic heterocycles. The molecule has 0 aromatic heterocycles. The van der Waals surface area contributed by atoms with Gasteiger partial charge < -0.3 is 15.8 Å². The number of nitrogens with one attached hydrogen (secondary N) is 1. The van der Waals surface area contributed by atoms with Gasteiger partial charge in [0.2, 0.25) is 5.91 Å². The number of nitrogens with two attached hydrogens (primary N) is 1. The zero-order valence-corrected chi connectivity index (χ0v) is 8.95. The van der Waals surface area contributed by atoms with E-state index in [0.29, 0.717) is 12.8 Å². The molecule has 0 saturated carbocycles. The Bertz CT molecular complexity index is 183. The van der Waals surface area contributed by atoms with E-state index in [1.54, 1.807) is 0 Å². The first kappa shape index (κ1) is 13.1. The van der Waals surface area contributed by atoms with Crippen LogP contribution in [0.4, 0.5) is 0 Å². The Morgan fingerprint density at radius 2 is 1.93 bits per heavy atom. The number of hydrogen-bond donors (Lipinski definition) is 2. The Labute approximate surface area is 85.2 Å². The molecule has 0 unspecified atom stereocenters. The summed E-state index contributed by atoms with van der Waals surface area (Å²) in [5.74, 6) is -0.225. The Balaban J connectivity index is 3.94. The third-order valence-corrected chi connectivity index (χ3v) is 2.03. The first-order chi connectivity index (χ1) is 6.65. The molecule has 0 bridgehead atoms. The first-order valence-electron chi connectivity index (χ1n) is 5.16. The summed E-state index contributed by atoms with van der Waals surface area (Å²) in [7, 11) is 0. The fraction of sp³-hybridized carbons (Fsp3) is 0.800. The van der Waals surface area contributed by atoms with Crippen molar-refractivity contribution >= 4 is 12.2 Å². The molecule has 1 amide bonds. The first-order valence-corrected chi connectivity index (χ1v) is 5.16. The lowest BCUT2D eigenvalue weighted by molar-refractivity contribution is -0.125. The molecule has 2 atom stereocenters. The molecule has 0 rings (SSSR count). The topological polar surface area (TPSA) is 72.2 Å². The quantitative estimate of drug-likeness (QED) is 0.591. The van der Waals surface area contributed by atoms with E-state index >= 15 is 0 Å². The summed E-state index contributed by atoms with van der Waals surface area (Å²) >= 11 is 0. The molecule has 0 aromatic carbocycles. The normalized spacial score (nSPS) is 14.5. The fourth-order valence-corrected chi connectivity index (χ4v) is 1.22. The van der Waals surface area contributed by atoms with Crippen LogP contribution >= 0.6 is 0 Å². The highest BCUT2D eigenvalue weighted by Crippen LogP contribution is 1.97. The monoisotopic (exact) mass is 200 g/mol. The van der Waals surface area contributed by atoms with Crippen LogP contribution in [0.3, 0.4) is 0 Å². The minimum atomic E-state index is -0.487. The van der Waals surface area contributed by atoms with Crippen LogP contribution in [-0.4, -0.2) is 24.3 Å². The van der Waals surface area contributed by atoms with Crippen LogP contribution in [0.1, 0.15) is 39.5 Å². The number of rotatable bonds is 7. The van der Waals surface area contributed by atoms with Gasteiger partial charge in [-0.1, -0.05) is 26.7 Å². The number of carbonyl (C=O) groups excluding carboxylic acids is 2. The summed E-state index contributed by atoms with van der Waals surface area (Å²) in [4.78, 5) is 21.9. The lowest BCUT2D eigenvalue weighted by Crippen LogP contribution is -2.45. The Hall–Kier alpha value is -0.900. The molecule has 0 aliphatic carbocycles. The summed E-state index contributed by atoms with van der Waals surface area (Å²) in [6.07, 6.45) is 3.83. The molecule has 0 heterocycles. The summed E-state index contributed by atoms with van der Waals surface area (Å²) in [6, 6.07) is -0.866. The van der Waals surface area contributed by atoms with Crippen LogP contribution < -0.4 is 11.1 Å². The maximum Gasteiger partial charge on any atom is 0.237 e. The van der Waals surface area contributed by atoms with Crippen molar-refractivity contribution in [3.05, 3.63) is 0 Å². The molecule has 4 heteroatoms. The van der Waals surface area contributed by atoms with Gasteiger partial charge in [-0.15, -0.1) is 0 Å². The molecule has 0 aliphatic rings. The van der Waals surface area contributed by atoms with Gasteiger partial charge >= 0.3 is 0 Å². The third kappa shape index (κ3) is 4.97. The highest BCUT2D eigenvalue weighted by molar-refractivity contribution is 5.84. The molecular formula is C10H20N2O2. The van der Waals surface area contributed by atoms with E-state index in [2.05, 4.69) is 5.32 Å². The third-order valence-electron chi connectivity index (χ3n) is 2.03. The van der Waals surface area contributed by atoms with Crippen LogP contribution in [0.15, 0.2) is 0 Å². The zero-order chi connectivity index (χ0) is 11.0. The van der Waals surface area contributed by atoms with Crippen molar-refractivity contribution in [1.29, 1.82) is 0 Å². The van der Waals surface area contributed by atoms with Gasteiger partial charge in [-0.3, -0.25) is 4.79 Å². The predicted octanol–water partition coefficient (Wildman–Crippen LogP) is 0.598. The molecule has 0 spiro atoms. The van der Waals surface area contributed by atoms with Crippen molar-refractivity contribution in [2.24, 2.45) is 5.73 Å². The van der Waals surface area contributed by atoms with E-state index in [4.69, 9.17) is 5.73 Å². The van der Waals surface area contributed by atoms with E-state index < -0.39 is 6.04 Å². The van der Waals surface area contributed by atoms with Crippen molar-refractivity contribution in [3.63, 3.8) is 0 Å². The highest BCUT2D eigenvalue weighted by atomic mass is 16.2. The average Bonchev–Trinajstić information content (AvgIpc) is 2.17. The lowest BCUT2D eigenvalue weighted by Gasteiger charge is -2.15. The number of hydrogen-bond acceptors (Lipinski definition) is 3. The van der Waals surface area contributed by atoms with Crippen LogP contribution in [-0.2, 0) is 9.59 Å². The van der Waals surface area contributed by atoms with E-state index in [0.717, 1.165) is 19.1 Å². The molecule has 3 N–H and O–H groups in total. The minimum absolute atomic E-state index is 0.225. The van der Waals surface area contributed by atoms with Gasteiger partial charge in [0, 0.05) is 0 Å². The van der Waals surface area contributed by atoms with Crippen molar-refractivity contribution in [2.75, 3.05) is 0 Å². The summed E-state index contributed by atoms with van der Waals surface area (Å²) in [6.45, 7) is 3.94. The molecule has 0 aromatic rings. The Morgan fingerprint density at radius 3 is 2.36 bits per heavy atom. The smallest absolute Gasteiger partial charge is 0.237 e. The number of carbonyl (C=O) groups is 2. The molecule has 14 heavy (non-hydrogen) atoms. The zero-order valence-electron chi connectivity index (χ0n) is 8.95. The van der Waals surface area contributed by atoms with Crippen molar-refractivity contribution in [3.8, 4) is 0 Å². The number of amides is 1. The van der Waals surface area contributed by atoms with E-state index in [9.17, 15) is 9.59 Å². The number of aldehydes is 1. The standard InChI is InChI=1S/C10H20N2O2/c1-3-5-8(7-13)12-10(14)9(11)6-4-2/h7-9H,3-6,11H2,1-2H3,(H,12,14)/t8-,9-/m0/s1. The minimum Gasteiger partial charge on any atom is -0.345 e. The van der Waals surface area contributed by atoms with Crippen molar-refractivity contribution in [2.45, 2.75) is 51.6 Å². The molecule has 0 fully saturated rings. The molecule has 0 saturated heterocycles. The molecule has 4 nitrogen and oxygen atoms in total. The second-order valence-electron chi connectivity index (χ2n) is 3.44. The highest BCUT2D eigenvalue weighted by Gasteiger charge is 2.15. The fourth-order valence-electron chi connectivity index (χ4n) is 1.22. The predicted molar refractivity (Wildman–Crippen MR) is 55.8 cm³/mol. The van der Waals surface area contributed by atoms with Gasteiger partial charge in [-0.05, 0) is 12.8 Å². The van der Waals surface area contributed by atoms with Crippen LogP contribution in [0, 0.1) is 0 Å². The van der Waals surface area contributed by atoms with Gasteiger partial charge in [0.1, 0.15) is 6.29 Å². The second-order valence-corrected chi connectivity index (χ2v) is 3.44. The average molecular weight is 200 g/mol. The van der Waals surface area contributed by atoms with Crippen molar-refractivity contribution in [1.82, 2.24) is 5.32 Å². The van der Waals surface area contributed by atoms with E-state index in [1.165, 1.54) is 0 Å². The maximum atomic E-state index is 11.4. The van der Waals surface area contributed by atoms with Crippen LogP contribution in [0.2, 0.25) is 0 Å². The van der Waals surface area contributed by atoms with Gasteiger partial charge in [-0.2, -0.15) is 0 Å². The summed E-state index contributed by atoms with van der Waals surface area (Å²) in [5, 5.41) is 2.62. The van der Waals surface area contributed by atoms with Gasteiger partial charge in [-0.25, -0.2) is 0 Å². The molecule has 0 radical (unpaired) electrons. The van der Waals surface area contributed by atoms with Gasteiger partial charge in [0.25, 0.3) is 0 Å². The Kier molecular flexibility index (Phi) is 7.02. The lowest BCUT2D eigenvalue weighted by atomic mass is 10.1. The van der Waals surface area contributed by atoms with Gasteiger partial charge in [0.05, 0.1) is 12.1 Å². The summed E-state index contributed by atoms with van der Waals surface area (Å²) < 4.78 is 0. The second kappa shape index (κ2) is 7.50. The molecular weight excluding hydrogens is 180 g/mol. The molecule has 82 valence electrons. The Morgan fingerprint density at radius 1 is 1.36 bits per heavy atom. The maximum absolute atomic E-state index is 11.4. The van der Waals surface area contributed by atoms with E-state index in [1.807, 2.05) is 13.8 Å². The summed E-state index contributed by atoms with van der Waals surface area (Å²) in [5.41, 5.74) is 5.60. The van der Waals surface area contributed by atoms with Crippen LogP contribution in [0.5, 0.6) is 0 Å². The van der Waals surface area contributed by atoms with Crippen molar-refractivity contribution < 1.29 is 9.59 Å². The largest absolute Gasteiger partial charge is 0.345 e. The van der Waals surface area contributed by atoms with Crippen LogP contribution in [0.25, 0.3) is 0 Å². The van der Waals surface area contributed by atoms with Gasteiger partial charge in [0.15, 0.2) is 0 Å². The SMILES string of the molecule is CCC[C@@H](C=O)NC(=O)[C@@H](N)CCC.